The van der Waals surface area contributed by atoms with E-state index < -0.39 is 17.5 Å². The molecule has 4 aliphatic rings. The highest BCUT2D eigenvalue weighted by molar-refractivity contribution is 5.20. The topological polar surface area (TPSA) is 12.0 Å². The lowest BCUT2D eigenvalue weighted by Crippen LogP contribution is -2.58. The first-order chi connectivity index (χ1) is 10.0. The second-order valence-electron chi connectivity index (χ2n) is 7.41. The van der Waals surface area contributed by atoms with Crippen LogP contribution in [0.15, 0.2) is 12.1 Å². The molecular weight excluding hydrogens is 275 g/mol. The van der Waals surface area contributed by atoms with Crippen molar-refractivity contribution < 1.29 is 13.2 Å². The summed E-state index contributed by atoms with van der Waals surface area (Å²) in [5.74, 6) is -0.341. The summed E-state index contributed by atoms with van der Waals surface area (Å²) < 4.78 is 40.0. The molecule has 0 atom stereocenters. The first kappa shape index (κ1) is 13.6. The molecule has 1 aromatic rings. The molecule has 1 aromatic carbocycles. The lowest BCUT2D eigenvalue weighted by Gasteiger charge is -2.57. The lowest BCUT2D eigenvalue weighted by molar-refractivity contribution is -0.0207. The Morgan fingerprint density at radius 1 is 0.857 bits per heavy atom. The molecule has 4 heteroatoms. The molecule has 1 nitrogen and oxygen atoms in total. The quantitative estimate of drug-likeness (QED) is 0.826. The average Bonchev–Trinajstić information content (AvgIpc) is 2.40. The maximum absolute atomic E-state index is 13.7. The molecule has 4 saturated carbocycles. The molecule has 0 aromatic heterocycles. The van der Waals surface area contributed by atoms with E-state index in [2.05, 4.69) is 5.32 Å². The Hall–Kier alpha value is -1.03. The summed E-state index contributed by atoms with van der Waals surface area (Å²) in [6.07, 6.45) is 7.51. The van der Waals surface area contributed by atoms with E-state index in [9.17, 15) is 13.2 Å². The van der Waals surface area contributed by atoms with Crippen molar-refractivity contribution in [2.45, 2.75) is 50.6 Å². The van der Waals surface area contributed by atoms with E-state index in [0.29, 0.717) is 6.07 Å². The highest BCUT2D eigenvalue weighted by atomic mass is 19.2. The number of halogens is 3. The highest BCUT2D eigenvalue weighted by Gasteiger charge is 2.50. The van der Waals surface area contributed by atoms with Crippen LogP contribution in [-0.4, -0.2) is 5.54 Å². The number of nitrogens with one attached hydrogen (secondary N) is 1. The zero-order valence-electron chi connectivity index (χ0n) is 12.0. The minimum atomic E-state index is -1.12. The monoisotopic (exact) mass is 295 g/mol. The van der Waals surface area contributed by atoms with Gasteiger partial charge in [0.1, 0.15) is 5.82 Å². The maximum atomic E-state index is 13.7. The van der Waals surface area contributed by atoms with Gasteiger partial charge in [-0.15, -0.1) is 0 Å². The molecule has 4 bridgehead atoms. The van der Waals surface area contributed by atoms with Crippen molar-refractivity contribution in [3.8, 4) is 0 Å². The summed E-state index contributed by atoms with van der Waals surface area (Å²) in [6, 6.07) is 1.63. The standard InChI is InChI=1S/C17H20F3N/c18-14-5-16(20)15(19)4-13(14)9-21-17-6-10-1-11(7-17)3-12(2-10)8-17/h4-5,10-12,21H,1-3,6-9H2. The van der Waals surface area contributed by atoms with Gasteiger partial charge in [-0.25, -0.2) is 13.2 Å². The number of rotatable bonds is 3. The van der Waals surface area contributed by atoms with Crippen molar-refractivity contribution in [3.05, 3.63) is 35.1 Å². The molecule has 5 rings (SSSR count). The number of hydrogen-bond donors (Lipinski definition) is 1. The van der Waals surface area contributed by atoms with Gasteiger partial charge in [0.2, 0.25) is 0 Å². The largest absolute Gasteiger partial charge is 0.307 e. The van der Waals surface area contributed by atoms with Crippen LogP contribution in [0.2, 0.25) is 0 Å². The first-order valence-electron chi connectivity index (χ1n) is 7.91. The van der Waals surface area contributed by atoms with Crippen LogP contribution in [0.4, 0.5) is 13.2 Å². The predicted molar refractivity (Wildman–Crippen MR) is 74.1 cm³/mol. The third-order valence-corrected chi connectivity index (χ3v) is 5.78. The van der Waals surface area contributed by atoms with E-state index in [1.165, 1.54) is 19.3 Å². The fourth-order valence-corrected chi connectivity index (χ4v) is 5.31. The summed E-state index contributed by atoms with van der Waals surface area (Å²) in [5.41, 5.74) is 0.330. The van der Waals surface area contributed by atoms with Gasteiger partial charge in [0.05, 0.1) is 0 Å². The van der Waals surface area contributed by atoms with Crippen LogP contribution in [0.3, 0.4) is 0 Å². The molecule has 0 spiro atoms. The van der Waals surface area contributed by atoms with Crippen LogP contribution in [-0.2, 0) is 6.54 Å². The van der Waals surface area contributed by atoms with Crippen LogP contribution in [0, 0.1) is 35.2 Å². The first-order valence-corrected chi connectivity index (χ1v) is 7.91. The normalized spacial score (nSPS) is 37.2. The van der Waals surface area contributed by atoms with Crippen molar-refractivity contribution in [1.82, 2.24) is 5.32 Å². The van der Waals surface area contributed by atoms with Gasteiger partial charge in [-0.3, -0.25) is 0 Å². The van der Waals surface area contributed by atoms with E-state index in [1.54, 1.807) is 0 Å². The van der Waals surface area contributed by atoms with E-state index in [4.69, 9.17) is 0 Å². The molecule has 0 radical (unpaired) electrons. The molecule has 0 aliphatic heterocycles. The van der Waals surface area contributed by atoms with E-state index in [-0.39, 0.29) is 17.6 Å². The van der Waals surface area contributed by atoms with Gasteiger partial charge >= 0.3 is 0 Å². The van der Waals surface area contributed by atoms with Crippen LogP contribution in [0.1, 0.15) is 44.1 Å². The molecule has 0 heterocycles. The third kappa shape index (κ3) is 2.37. The Balaban J connectivity index is 1.51. The molecule has 21 heavy (non-hydrogen) atoms. The minimum absolute atomic E-state index is 0.103. The lowest BCUT2D eigenvalue weighted by atomic mass is 9.53. The van der Waals surface area contributed by atoms with Gasteiger partial charge < -0.3 is 5.32 Å². The smallest absolute Gasteiger partial charge is 0.161 e. The zero-order chi connectivity index (χ0) is 14.6. The van der Waals surface area contributed by atoms with Crippen molar-refractivity contribution in [1.29, 1.82) is 0 Å². The van der Waals surface area contributed by atoms with Crippen molar-refractivity contribution >= 4 is 0 Å². The fourth-order valence-electron chi connectivity index (χ4n) is 5.31. The SMILES string of the molecule is Fc1cc(F)c(CNC23CC4CC(CC(C4)C2)C3)cc1F. The van der Waals surface area contributed by atoms with Crippen LogP contribution < -0.4 is 5.32 Å². The Morgan fingerprint density at radius 3 is 1.95 bits per heavy atom. The Morgan fingerprint density at radius 2 is 1.38 bits per heavy atom. The molecule has 0 unspecified atom stereocenters. The summed E-state index contributed by atoms with van der Waals surface area (Å²) in [6.45, 7) is 0.287. The van der Waals surface area contributed by atoms with Crippen molar-refractivity contribution in [2.24, 2.45) is 17.8 Å². The van der Waals surface area contributed by atoms with Crippen LogP contribution in [0.25, 0.3) is 0 Å². The molecule has 0 amide bonds. The van der Waals surface area contributed by atoms with Crippen molar-refractivity contribution in [2.75, 3.05) is 0 Å². The highest BCUT2D eigenvalue weighted by Crippen LogP contribution is 2.55. The van der Waals surface area contributed by atoms with Gasteiger partial charge in [-0.2, -0.15) is 0 Å². The molecule has 1 N–H and O–H groups in total. The Kier molecular flexibility index (Phi) is 3.07. The van der Waals surface area contributed by atoms with Gasteiger partial charge in [0, 0.05) is 23.7 Å². The number of benzene rings is 1. The molecule has 114 valence electrons. The minimum Gasteiger partial charge on any atom is -0.307 e. The summed E-state index contributed by atoms with van der Waals surface area (Å²) in [5, 5.41) is 3.50. The molecule has 0 saturated heterocycles. The maximum Gasteiger partial charge on any atom is 0.161 e. The third-order valence-electron chi connectivity index (χ3n) is 5.78. The van der Waals surface area contributed by atoms with E-state index >= 15 is 0 Å². The molecule has 4 fully saturated rings. The van der Waals surface area contributed by atoms with Gasteiger partial charge in [0.15, 0.2) is 11.6 Å². The molecule has 4 aliphatic carbocycles. The van der Waals surface area contributed by atoms with Gasteiger partial charge in [-0.05, 0) is 62.3 Å². The van der Waals surface area contributed by atoms with Crippen molar-refractivity contribution in [3.63, 3.8) is 0 Å². The average molecular weight is 295 g/mol. The second kappa shape index (κ2) is 4.73. The second-order valence-corrected chi connectivity index (χ2v) is 7.41. The number of hydrogen-bond acceptors (Lipinski definition) is 1. The van der Waals surface area contributed by atoms with Crippen LogP contribution in [0.5, 0.6) is 0 Å². The van der Waals surface area contributed by atoms with Crippen LogP contribution >= 0.6 is 0 Å². The zero-order valence-corrected chi connectivity index (χ0v) is 12.0. The van der Waals surface area contributed by atoms with E-state index in [1.807, 2.05) is 0 Å². The Bertz CT molecular complexity index is 534. The van der Waals surface area contributed by atoms with Gasteiger partial charge in [-0.1, -0.05) is 0 Å². The fraction of sp³-hybridized carbons (Fsp3) is 0.647. The van der Waals surface area contributed by atoms with Gasteiger partial charge in [0.25, 0.3) is 0 Å². The predicted octanol–water partition coefficient (Wildman–Crippen LogP) is 4.16. The van der Waals surface area contributed by atoms with E-state index in [0.717, 1.165) is 43.1 Å². The Labute approximate surface area is 122 Å². The molecular formula is C17H20F3N. The summed E-state index contributed by atoms with van der Waals surface area (Å²) in [7, 11) is 0. The summed E-state index contributed by atoms with van der Waals surface area (Å²) >= 11 is 0. The summed E-state index contributed by atoms with van der Waals surface area (Å²) in [4.78, 5) is 0.